The first kappa shape index (κ1) is 36.7. The monoisotopic (exact) mass is 676 g/mol. The van der Waals surface area contributed by atoms with Gasteiger partial charge in [-0.15, -0.1) is 0 Å². The van der Waals surface area contributed by atoms with E-state index in [1.54, 1.807) is 61.3 Å². The van der Waals surface area contributed by atoms with Crippen molar-refractivity contribution >= 4 is 46.5 Å². The molecule has 0 spiro atoms. The number of aliphatic hydroxyl groups is 1. The van der Waals surface area contributed by atoms with Gasteiger partial charge in [-0.05, 0) is 74.4 Å². The Hall–Kier alpha value is -5.17. The molecule has 1 aliphatic rings. The molecule has 262 valence electrons. The van der Waals surface area contributed by atoms with Gasteiger partial charge in [-0.25, -0.2) is 9.18 Å². The van der Waals surface area contributed by atoms with Gasteiger partial charge in [0.05, 0.1) is 36.1 Å². The molecule has 0 unspecified atom stereocenters. The van der Waals surface area contributed by atoms with E-state index in [1.807, 2.05) is 6.92 Å². The number of hydrogen-bond donors (Lipinski definition) is 5. The Balaban J connectivity index is 1.36. The smallest absolute Gasteiger partial charge is 0.321 e. The fourth-order valence-corrected chi connectivity index (χ4v) is 5.42. The zero-order chi connectivity index (χ0) is 35.5. The summed E-state index contributed by atoms with van der Waals surface area (Å²) in [5.74, 6) is -1.08. The van der Waals surface area contributed by atoms with Gasteiger partial charge in [-0.1, -0.05) is 25.5 Å². The van der Waals surface area contributed by atoms with Crippen LogP contribution in [0.25, 0.3) is 0 Å². The standard InChI is InChI=1S/C36H45FN6O6/c1-23-20-43(24(2)22-44)35(47)28-19-27(39-33(45)11-5-4-6-12-34(46)41-30-10-8-7-9-29(30)38)17-18-31(28)49-32(23)21-42(3)36(48)40-26-15-13-25(37)14-16-26/h7-10,13-19,23-24,32,44H,4-6,11-12,20-22,38H2,1-3H3,(H,39,45)(H,40,48)(H,41,46)/t23-,24+,32+/m1/s1. The van der Waals surface area contributed by atoms with Gasteiger partial charge in [-0.3, -0.25) is 14.4 Å². The molecule has 4 rings (SSSR count). The maximum absolute atomic E-state index is 13.8. The van der Waals surface area contributed by atoms with Crippen LogP contribution in [0.1, 0.15) is 56.3 Å². The number of hydrogen-bond acceptors (Lipinski definition) is 7. The molecular weight excluding hydrogens is 631 g/mol. The number of fused-ring (bicyclic) bond motifs is 1. The van der Waals surface area contributed by atoms with E-state index in [-0.39, 0.29) is 61.1 Å². The third-order valence-electron chi connectivity index (χ3n) is 8.39. The van der Waals surface area contributed by atoms with Crippen molar-refractivity contribution in [3.05, 3.63) is 78.1 Å². The molecule has 49 heavy (non-hydrogen) atoms. The molecule has 0 saturated carbocycles. The second-order valence-corrected chi connectivity index (χ2v) is 12.4. The number of nitrogens with one attached hydrogen (secondary N) is 3. The number of ether oxygens (including phenoxy) is 1. The van der Waals surface area contributed by atoms with Crippen LogP contribution >= 0.6 is 0 Å². The molecule has 12 nitrogen and oxygen atoms in total. The Morgan fingerprint density at radius 2 is 1.63 bits per heavy atom. The molecule has 5 amide bonds. The molecule has 0 saturated heterocycles. The second kappa shape index (κ2) is 17.3. The zero-order valence-electron chi connectivity index (χ0n) is 28.1. The van der Waals surface area contributed by atoms with Crippen molar-refractivity contribution < 1.29 is 33.4 Å². The number of likely N-dealkylation sites (N-methyl/N-ethyl adjacent to an activating group) is 1. The number of aliphatic hydroxyl groups excluding tert-OH is 1. The summed E-state index contributed by atoms with van der Waals surface area (Å²) in [6.07, 6.45) is 1.86. The lowest BCUT2D eigenvalue weighted by atomic mass is 9.99. The van der Waals surface area contributed by atoms with Gasteiger partial charge < -0.3 is 41.3 Å². The Bertz CT molecular complexity index is 1620. The molecule has 0 aliphatic carbocycles. The van der Waals surface area contributed by atoms with Crippen LogP contribution in [0.4, 0.5) is 31.9 Å². The summed E-state index contributed by atoms with van der Waals surface area (Å²) in [4.78, 5) is 54.7. The van der Waals surface area contributed by atoms with E-state index >= 15 is 0 Å². The van der Waals surface area contributed by atoms with E-state index < -0.39 is 24.0 Å². The number of unbranched alkanes of at least 4 members (excludes halogenated alkanes) is 2. The number of carbonyl (C=O) groups is 4. The minimum atomic E-state index is -0.531. The van der Waals surface area contributed by atoms with E-state index in [1.165, 1.54) is 29.2 Å². The van der Waals surface area contributed by atoms with Crippen molar-refractivity contribution in [2.75, 3.05) is 48.4 Å². The topological polar surface area (TPSA) is 166 Å². The number of halogens is 1. The summed E-state index contributed by atoms with van der Waals surface area (Å²) >= 11 is 0. The Morgan fingerprint density at radius 1 is 0.980 bits per heavy atom. The molecule has 1 aliphatic heterocycles. The Morgan fingerprint density at radius 3 is 2.31 bits per heavy atom. The molecule has 3 atom stereocenters. The molecule has 0 bridgehead atoms. The molecule has 13 heteroatoms. The largest absolute Gasteiger partial charge is 0.487 e. The molecule has 3 aromatic carbocycles. The minimum absolute atomic E-state index is 0.142. The zero-order valence-corrected chi connectivity index (χ0v) is 28.1. The van der Waals surface area contributed by atoms with Gasteiger partial charge in [0.25, 0.3) is 5.91 Å². The van der Waals surface area contributed by atoms with Crippen LogP contribution in [0.3, 0.4) is 0 Å². The van der Waals surface area contributed by atoms with Crippen molar-refractivity contribution in [3.8, 4) is 5.75 Å². The van der Waals surface area contributed by atoms with Gasteiger partial charge in [0.15, 0.2) is 0 Å². The molecule has 0 fully saturated rings. The van der Waals surface area contributed by atoms with Gasteiger partial charge in [0.1, 0.15) is 17.7 Å². The first-order valence-corrected chi connectivity index (χ1v) is 16.4. The summed E-state index contributed by atoms with van der Waals surface area (Å²) in [7, 11) is 1.61. The number of carbonyl (C=O) groups excluding carboxylic acids is 4. The van der Waals surface area contributed by atoms with Crippen LogP contribution in [-0.4, -0.2) is 77.5 Å². The predicted molar refractivity (Wildman–Crippen MR) is 187 cm³/mol. The van der Waals surface area contributed by atoms with Crippen LogP contribution in [0.5, 0.6) is 5.75 Å². The minimum Gasteiger partial charge on any atom is -0.487 e. The highest BCUT2D eigenvalue weighted by molar-refractivity contribution is 6.00. The van der Waals surface area contributed by atoms with E-state index in [4.69, 9.17) is 10.5 Å². The molecule has 0 aromatic heterocycles. The maximum atomic E-state index is 13.8. The second-order valence-electron chi connectivity index (χ2n) is 12.4. The number of amides is 5. The average Bonchev–Trinajstić information content (AvgIpc) is 3.08. The molecular formula is C36H45FN6O6. The van der Waals surface area contributed by atoms with Gasteiger partial charge in [0.2, 0.25) is 11.8 Å². The number of anilines is 4. The number of benzene rings is 3. The van der Waals surface area contributed by atoms with Crippen molar-refractivity contribution in [1.82, 2.24) is 9.80 Å². The molecule has 6 N–H and O–H groups in total. The third-order valence-corrected chi connectivity index (χ3v) is 8.39. The SMILES string of the molecule is C[C@@H]1CN([C@@H](C)CO)C(=O)c2cc(NC(=O)CCCCCC(=O)Nc3ccccc3N)ccc2O[C@H]1CN(C)C(=O)Nc1ccc(F)cc1. The first-order valence-electron chi connectivity index (χ1n) is 16.4. The number of para-hydroxylation sites is 2. The van der Waals surface area contributed by atoms with Gasteiger partial charge >= 0.3 is 6.03 Å². The number of nitrogens with zero attached hydrogens (tertiary/aromatic N) is 2. The Labute approximate surface area is 285 Å². The third kappa shape index (κ3) is 10.4. The lowest BCUT2D eigenvalue weighted by Crippen LogP contribution is -2.50. The van der Waals surface area contributed by atoms with Crippen LogP contribution in [0.15, 0.2) is 66.7 Å². The van der Waals surface area contributed by atoms with E-state index in [9.17, 15) is 28.7 Å². The van der Waals surface area contributed by atoms with Crippen molar-refractivity contribution in [1.29, 1.82) is 0 Å². The fraction of sp³-hybridized carbons (Fsp3) is 0.389. The van der Waals surface area contributed by atoms with Crippen LogP contribution in [0.2, 0.25) is 0 Å². The summed E-state index contributed by atoms with van der Waals surface area (Å²) < 4.78 is 19.6. The van der Waals surface area contributed by atoms with Crippen molar-refractivity contribution in [3.63, 3.8) is 0 Å². The van der Waals surface area contributed by atoms with Crippen molar-refractivity contribution in [2.24, 2.45) is 5.92 Å². The summed E-state index contributed by atoms with van der Waals surface area (Å²) in [5.41, 5.74) is 8.02. The summed E-state index contributed by atoms with van der Waals surface area (Å²) in [5, 5.41) is 18.3. The fourth-order valence-electron chi connectivity index (χ4n) is 5.42. The quantitative estimate of drug-likeness (QED) is 0.121. The highest BCUT2D eigenvalue weighted by Gasteiger charge is 2.34. The number of nitrogens with two attached hydrogens (primary N) is 1. The maximum Gasteiger partial charge on any atom is 0.321 e. The first-order chi connectivity index (χ1) is 23.4. The van der Waals surface area contributed by atoms with Crippen molar-refractivity contribution in [2.45, 2.75) is 58.1 Å². The number of urea groups is 1. The highest BCUT2D eigenvalue weighted by Crippen LogP contribution is 2.31. The lowest BCUT2D eigenvalue weighted by molar-refractivity contribution is -0.116. The van der Waals surface area contributed by atoms with Crippen LogP contribution in [-0.2, 0) is 9.59 Å². The van der Waals surface area contributed by atoms with Gasteiger partial charge in [-0.2, -0.15) is 0 Å². The Kier molecular flexibility index (Phi) is 12.9. The number of rotatable bonds is 13. The predicted octanol–water partition coefficient (Wildman–Crippen LogP) is 5.32. The summed E-state index contributed by atoms with van der Waals surface area (Å²) in [6, 6.07) is 16.4. The molecule has 0 radical (unpaired) electrons. The van der Waals surface area contributed by atoms with E-state index in [0.29, 0.717) is 48.4 Å². The van der Waals surface area contributed by atoms with Crippen LogP contribution in [0, 0.1) is 11.7 Å². The average molecular weight is 677 g/mol. The van der Waals surface area contributed by atoms with E-state index in [0.717, 1.165) is 0 Å². The normalized spacial score (nSPS) is 16.3. The highest BCUT2D eigenvalue weighted by atomic mass is 19.1. The molecule has 1 heterocycles. The summed E-state index contributed by atoms with van der Waals surface area (Å²) in [6.45, 7) is 3.83. The van der Waals surface area contributed by atoms with E-state index in [2.05, 4.69) is 16.0 Å². The van der Waals surface area contributed by atoms with Crippen LogP contribution < -0.4 is 26.4 Å². The number of nitrogen functional groups attached to an aromatic ring is 1. The molecule has 3 aromatic rings. The lowest BCUT2D eigenvalue weighted by Gasteiger charge is -2.38. The van der Waals surface area contributed by atoms with Gasteiger partial charge in [0, 0.05) is 43.7 Å².